The Hall–Kier alpha value is -4.61. The first-order valence-electron chi connectivity index (χ1n) is 23.4. The predicted octanol–water partition coefficient (Wildman–Crippen LogP) is 4.46. The number of allylic oxidation sites excluding steroid dienone is 1. The third kappa shape index (κ3) is 11.3. The largest absolute Gasteiger partial charge is 0.480 e. The van der Waals surface area contributed by atoms with Gasteiger partial charge in [0.25, 0.3) is 0 Å². The molecule has 1 aromatic heterocycles. The van der Waals surface area contributed by atoms with Gasteiger partial charge >= 0.3 is 17.9 Å². The molecule has 352 valence electrons. The van der Waals surface area contributed by atoms with Crippen LogP contribution >= 0.6 is 11.8 Å². The zero-order chi connectivity index (χ0) is 46.1. The summed E-state index contributed by atoms with van der Waals surface area (Å²) in [5.74, 6) is -3.53. The molecule has 2 heterocycles. The van der Waals surface area contributed by atoms with Crippen LogP contribution in [0.15, 0.2) is 77.3 Å². The lowest BCUT2D eigenvalue weighted by Gasteiger charge is -2.49. The average molecular weight is 915 g/mol. The minimum Gasteiger partial charge on any atom is -0.480 e. The van der Waals surface area contributed by atoms with E-state index in [1.54, 1.807) is 7.05 Å². The highest BCUT2D eigenvalue weighted by atomic mass is 32.2. The molecule has 8 rings (SSSR count). The summed E-state index contributed by atoms with van der Waals surface area (Å²) >= 11 is 1.47. The number of hydrogen-bond acceptors (Lipinski definition) is 12. The summed E-state index contributed by atoms with van der Waals surface area (Å²) in [6, 6.07) is 12.0. The molecular weight excluding hydrogens is 849 g/mol. The van der Waals surface area contributed by atoms with Crippen LogP contribution in [0, 0.1) is 29.1 Å². The van der Waals surface area contributed by atoms with Gasteiger partial charge in [-0.25, -0.2) is 4.79 Å². The number of benzene rings is 1. The molecule has 0 saturated heterocycles. The standard InChI is InChI=1S/C49H66N6O9S/c1-50-28-53-36(46(59)60)16-17-38(56)54-37(44(57)55-45(58)47(61)62)27-65-43-42-40-33(24-30-10-13-34(14-11-30)49(43)20-6-7-21-49)26-32(25-31-18-22-52-23-19-31)39(41(40)48(63)64-42)35(51-2)15-12-29-8-4-3-5-9-29/h3-5,8-9,18-19,22-23,30,33-37,41,43,45,50-51,53,58H,6-7,10-17,20-21,24-28H2,1-2H3,(H,54,56)(H,55,57)(H,59,60)(H,61,62). The monoisotopic (exact) mass is 914 g/mol. The van der Waals surface area contributed by atoms with Crippen molar-refractivity contribution in [3.8, 4) is 0 Å². The number of esters is 1. The number of hydrogen-bond donors (Lipinski definition) is 8. The second-order valence-electron chi connectivity index (χ2n) is 18.7. The van der Waals surface area contributed by atoms with Crippen molar-refractivity contribution in [1.29, 1.82) is 0 Å². The number of aromatic nitrogens is 1. The van der Waals surface area contributed by atoms with Gasteiger partial charge in [-0.2, -0.15) is 0 Å². The second kappa shape index (κ2) is 22.3. The van der Waals surface area contributed by atoms with E-state index >= 15 is 0 Å². The van der Waals surface area contributed by atoms with E-state index in [0.717, 1.165) is 93.8 Å². The number of carboxylic acid groups (broad SMARTS) is 2. The maximum absolute atomic E-state index is 15.0. The number of nitrogens with zero attached hydrogens (tertiary/aromatic N) is 1. The average Bonchev–Trinajstić information content (AvgIpc) is 3.93. The molecule has 2 fully saturated rings. The van der Waals surface area contributed by atoms with Gasteiger partial charge in [0.15, 0.2) is 0 Å². The molecule has 2 aromatic rings. The molecule has 0 radical (unpaired) electrons. The van der Waals surface area contributed by atoms with E-state index in [9.17, 15) is 39.3 Å². The summed E-state index contributed by atoms with van der Waals surface area (Å²) in [4.78, 5) is 70.3. The van der Waals surface area contributed by atoms with Crippen LogP contribution in [-0.4, -0.2) is 106 Å². The summed E-state index contributed by atoms with van der Waals surface area (Å²) in [6.07, 6.45) is 13.3. The van der Waals surface area contributed by atoms with Gasteiger partial charge in [0, 0.05) is 37.3 Å². The number of amides is 2. The molecule has 6 aliphatic rings. The lowest BCUT2D eigenvalue weighted by molar-refractivity contribution is -0.151. The van der Waals surface area contributed by atoms with Gasteiger partial charge in [0.1, 0.15) is 23.8 Å². The molecule has 16 heteroatoms. The van der Waals surface area contributed by atoms with E-state index < -0.39 is 48.0 Å². The molecule has 1 aromatic carbocycles. The maximum Gasteiger partial charge on any atom is 0.353 e. The fraction of sp³-hybridized carbons (Fsp3) is 0.592. The molecule has 1 spiro atoms. The summed E-state index contributed by atoms with van der Waals surface area (Å²) in [7, 11) is 3.63. The van der Waals surface area contributed by atoms with Crippen molar-refractivity contribution < 1.29 is 44.0 Å². The number of carboxylic acids is 2. The third-order valence-corrected chi connectivity index (χ3v) is 16.3. The molecule has 7 unspecified atom stereocenters. The molecule has 1 aliphatic heterocycles. The lowest BCUT2D eigenvalue weighted by Crippen LogP contribution is -2.53. The Labute approximate surface area is 385 Å². The molecule has 15 nitrogen and oxygen atoms in total. The van der Waals surface area contributed by atoms with Crippen molar-refractivity contribution in [1.82, 2.24) is 31.6 Å². The number of aryl methyl sites for hydroxylation is 1. The summed E-state index contributed by atoms with van der Waals surface area (Å²) < 4.78 is 6.77. The van der Waals surface area contributed by atoms with Crippen molar-refractivity contribution in [3.05, 3.63) is 88.5 Å². The van der Waals surface area contributed by atoms with Crippen molar-refractivity contribution in [3.63, 3.8) is 0 Å². The Morgan fingerprint density at radius 1 is 0.908 bits per heavy atom. The molecule has 2 amide bonds. The molecule has 7 atom stereocenters. The Morgan fingerprint density at radius 2 is 1.63 bits per heavy atom. The highest BCUT2D eigenvalue weighted by Gasteiger charge is 2.57. The number of carbonyl (C=O) groups is 5. The smallest absolute Gasteiger partial charge is 0.353 e. The van der Waals surface area contributed by atoms with Gasteiger partial charge < -0.3 is 41.3 Å². The van der Waals surface area contributed by atoms with E-state index in [1.807, 2.05) is 49.8 Å². The van der Waals surface area contributed by atoms with Crippen LogP contribution in [0.4, 0.5) is 0 Å². The number of carbonyl (C=O) groups excluding carboxylic acids is 3. The van der Waals surface area contributed by atoms with Crippen LogP contribution in [0.2, 0.25) is 0 Å². The molecule has 5 aliphatic carbocycles. The molecule has 2 bridgehead atoms. The molecular formula is C49H66N6O9S. The summed E-state index contributed by atoms with van der Waals surface area (Å²) in [5.41, 5.74) is 5.48. The molecule has 65 heavy (non-hydrogen) atoms. The zero-order valence-electron chi connectivity index (χ0n) is 37.6. The van der Waals surface area contributed by atoms with Gasteiger partial charge in [-0.05, 0) is 136 Å². The first-order valence-corrected chi connectivity index (χ1v) is 24.5. The topological polar surface area (TPSA) is 228 Å². The van der Waals surface area contributed by atoms with Crippen LogP contribution in [0.3, 0.4) is 0 Å². The lowest BCUT2D eigenvalue weighted by atomic mass is 9.59. The number of rotatable bonds is 21. The highest BCUT2D eigenvalue weighted by molar-refractivity contribution is 8.00. The van der Waals surface area contributed by atoms with Crippen molar-refractivity contribution in [2.45, 2.75) is 126 Å². The maximum atomic E-state index is 15.0. The first kappa shape index (κ1) is 48.3. The normalized spacial score (nSPS) is 25.3. The minimum absolute atomic E-state index is 0.0120. The quantitative estimate of drug-likeness (QED) is 0.0492. The van der Waals surface area contributed by atoms with Crippen LogP contribution in [0.25, 0.3) is 0 Å². The number of fused-ring (bicyclic) bond motifs is 2. The first-order chi connectivity index (χ1) is 31.4. The number of ether oxygens (including phenoxy) is 1. The third-order valence-electron chi connectivity index (χ3n) is 14.8. The molecule has 8 N–H and O–H groups in total. The van der Waals surface area contributed by atoms with E-state index in [0.29, 0.717) is 24.0 Å². The van der Waals surface area contributed by atoms with Gasteiger partial charge in [-0.15, -0.1) is 11.8 Å². The zero-order valence-corrected chi connectivity index (χ0v) is 38.4. The summed E-state index contributed by atoms with van der Waals surface area (Å²) in [5, 5.41) is 43.3. The number of aliphatic hydroxyl groups excluding tert-OH is 1. The minimum atomic E-state index is -2.21. The Morgan fingerprint density at radius 3 is 2.29 bits per heavy atom. The number of likely N-dealkylation sites (N-methyl/N-ethyl adjacent to an activating group) is 1. The second-order valence-corrected chi connectivity index (χ2v) is 19.8. The number of aliphatic carboxylic acids is 2. The van der Waals surface area contributed by atoms with Crippen molar-refractivity contribution in [2.75, 3.05) is 26.5 Å². The molecule has 2 saturated carbocycles. The predicted molar refractivity (Wildman–Crippen MR) is 246 cm³/mol. The van der Waals surface area contributed by atoms with E-state index in [2.05, 4.69) is 43.7 Å². The SMILES string of the molecule is CNCNC(CCC(=O)NC(CSC1C2=C3C(CC(Cc4ccncc4)=C(C(CCc4ccccc4)NC)C3C(=O)O2)CC2CCC(CC2)C12CCCC2)C(=O)NC(O)C(=O)O)C(=O)O. The number of thioether (sulfide) groups is 1. The summed E-state index contributed by atoms with van der Waals surface area (Å²) in [6.45, 7) is 0.203. The Balaban J connectivity index is 1.29. The van der Waals surface area contributed by atoms with Gasteiger partial charge in [-0.3, -0.25) is 29.5 Å². The van der Waals surface area contributed by atoms with Crippen molar-refractivity contribution >= 4 is 41.5 Å². The van der Waals surface area contributed by atoms with Crippen molar-refractivity contribution in [2.24, 2.45) is 29.1 Å². The number of pyridine rings is 1. The highest BCUT2D eigenvalue weighted by Crippen LogP contribution is 2.62. The van der Waals surface area contributed by atoms with Gasteiger partial charge in [0.2, 0.25) is 18.0 Å². The van der Waals surface area contributed by atoms with Gasteiger partial charge in [-0.1, -0.05) is 61.6 Å². The van der Waals surface area contributed by atoms with Crippen LogP contribution in [0.5, 0.6) is 0 Å². The van der Waals surface area contributed by atoms with Crippen LogP contribution in [0.1, 0.15) is 94.6 Å². The fourth-order valence-corrected chi connectivity index (χ4v) is 13.4. The Bertz CT molecular complexity index is 2070. The Kier molecular flexibility index (Phi) is 16.5. The van der Waals surface area contributed by atoms with E-state index in [-0.39, 0.29) is 53.9 Å². The number of nitrogens with one attached hydrogen (secondary N) is 5. The van der Waals surface area contributed by atoms with E-state index in [1.165, 1.54) is 22.9 Å². The van der Waals surface area contributed by atoms with Crippen LogP contribution < -0.4 is 26.6 Å². The fourth-order valence-electron chi connectivity index (χ4n) is 11.7. The number of aliphatic hydroxyl groups is 1. The van der Waals surface area contributed by atoms with Crippen LogP contribution in [-0.2, 0) is 41.6 Å². The van der Waals surface area contributed by atoms with E-state index in [4.69, 9.17) is 4.74 Å². The van der Waals surface area contributed by atoms with Gasteiger partial charge in [0.05, 0.1) is 5.25 Å².